The van der Waals surface area contributed by atoms with Crippen LogP contribution >= 0.6 is 0 Å². The molecule has 8 heteroatoms. The molecular formula is C13H24O7S. The Hall–Kier alpha value is -1.15. The number of rotatable bonds is 7. The highest BCUT2D eigenvalue weighted by Crippen LogP contribution is 2.35. The predicted octanol–water partition coefficient (Wildman–Crippen LogP) is 1.88. The Morgan fingerprint density at radius 1 is 1.10 bits per heavy atom. The van der Waals surface area contributed by atoms with Crippen LogP contribution in [-0.2, 0) is 19.7 Å². The quantitative estimate of drug-likeness (QED) is 0.610. The molecule has 3 atom stereocenters. The summed E-state index contributed by atoms with van der Waals surface area (Å²) in [4.78, 5) is 22.6. The van der Waals surface area contributed by atoms with Crippen molar-refractivity contribution in [2.45, 2.75) is 52.2 Å². The molecule has 0 radical (unpaired) electrons. The normalized spacial score (nSPS) is 18.6. The van der Waals surface area contributed by atoms with Gasteiger partial charge in [-0.1, -0.05) is 27.7 Å². The van der Waals surface area contributed by atoms with Gasteiger partial charge in [-0.15, -0.1) is 0 Å². The molecule has 0 aliphatic carbocycles. The average Bonchev–Trinajstić information content (AvgIpc) is 2.19. The summed E-state index contributed by atoms with van der Waals surface area (Å²) < 4.78 is 29.3. The first-order valence-electron chi connectivity index (χ1n) is 6.56. The van der Waals surface area contributed by atoms with E-state index >= 15 is 0 Å². The lowest BCUT2D eigenvalue weighted by atomic mass is 9.78. The van der Waals surface area contributed by atoms with Gasteiger partial charge in [-0.25, -0.2) is 0 Å². The molecule has 0 aliphatic heterocycles. The Balaban J connectivity index is 5.60. The molecule has 21 heavy (non-hydrogen) atoms. The summed E-state index contributed by atoms with van der Waals surface area (Å²) in [5.41, 5.74) is -0.111. The Bertz CT molecular complexity index is 503. The van der Waals surface area contributed by atoms with Crippen molar-refractivity contribution >= 4 is 22.1 Å². The van der Waals surface area contributed by atoms with Crippen LogP contribution in [-0.4, -0.2) is 39.9 Å². The molecular weight excluding hydrogens is 300 g/mol. The van der Waals surface area contributed by atoms with Crippen LogP contribution in [0.4, 0.5) is 0 Å². The highest BCUT2D eigenvalue weighted by Gasteiger charge is 2.56. The average molecular weight is 324 g/mol. The molecule has 0 fully saturated rings. The summed E-state index contributed by atoms with van der Waals surface area (Å²) in [6, 6.07) is 0. The predicted molar refractivity (Wildman–Crippen MR) is 76.6 cm³/mol. The van der Waals surface area contributed by atoms with Gasteiger partial charge in [0, 0.05) is 0 Å². The molecule has 0 heterocycles. The molecule has 0 amide bonds. The maximum absolute atomic E-state index is 11.4. The second kappa shape index (κ2) is 6.31. The van der Waals surface area contributed by atoms with Crippen LogP contribution in [0.25, 0.3) is 0 Å². The Kier molecular flexibility index (Phi) is 5.97. The maximum Gasteiger partial charge on any atom is 0.328 e. The molecule has 0 aromatic carbocycles. The van der Waals surface area contributed by atoms with Crippen molar-refractivity contribution in [3.8, 4) is 0 Å². The lowest BCUT2D eigenvalue weighted by Crippen LogP contribution is -2.53. The van der Waals surface area contributed by atoms with Crippen LogP contribution in [0.2, 0.25) is 0 Å². The molecule has 0 aromatic rings. The Morgan fingerprint density at radius 3 is 1.76 bits per heavy atom. The summed E-state index contributed by atoms with van der Waals surface area (Å²) in [5, 5.41) is 18.4. The van der Waals surface area contributed by atoms with E-state index in [0.717, 1.165) is 6.92 Å². The number of carboxylic acid groups (broad SMARTS) is 2. The third kappa shape index (κ3) is 4.96. The van der Waals surface area contributed by atoms with Crippen LogP contribution in [0.5, 0.6) is 0 Å². The second-order valence-electron chi connectivity index (χ2n) is 6.88. The molecule has 124 valence electrons. The van der Waals surface area contributed by atoms with Gasteiger partial charge in [0.1, 0.15) is 0 Å². The zero-order chi connectivity index (χ0) is 17.2. The standard InChI is InChI=1S/C13H24O7S/c1-8(7-12(2,3)4)6-9(10(14)15)13(5,11(16)17)21(18,19)20/h8-9H,6-7H2,1-5H3,(H,14,15)(H,16,17)(H,18,19,20). The van der Waals surface area contributed by atoms with Crippen LogP contribution < -0.4 is 0 Å². The Labute approximate surface area is 125 Å². The van der Waals surface area contributed by atoms with Crippen LogP contribution in [0, 0.1) is 17.3 Å². The van der Waals surface area contributed by atoms with Gasteiger partial charge in [0.05, 0.1) is 5.92 Å². The monoisotopic (exact) mass is 324 g/mol. The molecule has 3 unspecified atom stereocenters. The van der Waals surface area contributed by atoms with Crippen molar-refractivity contribution in [3.63, 3.8) is 0 Å². The lowest BCUT2D eigenvalue weighted by molar-refractivity contribution is -0.152. The minimum atomic E-state index is -5.08. The van der Waals surface area contributed by atoms with E-state index in [1.54, 1.807) is 6.92 Å². The fourth-order valence-corrected chi connectivity index (χ4v) is 3.31. The van der Waals surface area contributed by atoms with Gasteiger partial charge < -0.3 is 10.2 Å². The van der Waals surface area contributed by atoms with E-state index < -0.39 is 32.7 Å². The summed E-state index contributed by atoms with van der Waals surface area (Å²) in [5.74, 6) is -5.38. The van der Waals surface area contributed by atoms with Crippen molar-refractivity contribution in [2.75, 3.05) is 0 Å². The third-order valence-corrected chi connectivity index (χ3v) is 5.05. The van der Waals surface area contributed by atoms with Crippen molar-refractivity contribution in [1.29, 1.82) is 0 Å². The number of carbonyl (C=O) groups is 2. The van der Waals surface area contributed by atoms with Crippen LogP contribution in [0.3, 0.4) is 0 Å². The molecule has 0 bridgehead atoms. The highest BCUT2D eigenvalue weighted by molar-refractivity contribution is 7.88. The van der Waals surface area contributed by atoms with E-state index in [1.807, 2.05) is 20.8 Å². The minimum absolute atomic E-state index is 0.111. The van der Waals surface area contributed by atoms with Crippen molar-refractivity contribution in [1.82, 2.24) is 0 Å². The molecule has 0 saturated heterocycles. The molecule has 0 saturated carbocycles. The van der Waals surface area contributed by atoms with Crippen molar-refractivity contribution < 1.29 is 32.8 Å². The van der Waals surface area contributed by atoms with E-state index in [0.29, 0.717) is 6.42 Å². The summed E-state index contributed by atoms with van der Waals surface area (Å²) in [6.45, 7) is 8.29. The molecule has 0 aliphatic rings. The third-order valence-electron chi connectivity index (χ3n) is 3.52. The SMILES string of the molecule is CC(CC(C(=O)O)C(C)(C(=O)O)S(=O)(=O)O)CC(C)(C)C. The van der Waals surface area contributed by atoms with Gasteiger partial charge in [-0.05, 0) is 31.1 Å². The summed E-state index contributed by atoms with van der Waals surface area (Å²) in [6.07, 6.45) is 0.438. The first kappa shape index (κ1) is 19.9. The van der Waals surface area contributed by atoms with Gasteiger partial charge in [-0.3, -0.25) is 14.1 Å². The van der Waals surface area contributed by atoms with Crippen LogP contribution in [0.15, 0.2) is 0 Å². The van der Waals surface area contributed by atoms with Gasteiger partial charge in [0.25, 0.3) is 10.1 Å². The fourth-order valence-electron chi connectivity index (χ4n) is 2.53. The molecule has 7 nitrogen and oxygen atoms in total. The van der Waals surface area contributed by atoms with Gasteiger partial charge in [0.15, 0.2) is 0 Å². The maximum atomic E-state index is 11.4. The van der Waals surface area contributed by atoms with Crippen LogP contribution in [0.1, 0.15) is 47.5 Å². The van der Waals surface area contributed by atoms with E-state index in [-0.39, 0.29) is 17.8 Å². The topological polar surface area (TPSA) is 129 Å². The zero-order valence-corrected chi connectivity index (χ0v) is 13.8. The van der Waals surface area contributed by atoms with Gasteiger partial charge in [0.2, 0.25) is 4.75 Å². The number of hydrogen-bond donors (Lipinski definition) is 3. The van der Waals surface area contributed by atoms with E-state index in [1.165, 1.54) is 0 Å². The second-order valence-corrected chi connectivity index (χ2v) is 8.68. The number of carboxylic acids is 2. The smallest absolute Gasteiger partial charge is 0.328 e. The van der Waals surface area contributed by atoms with Gasteiger partial charge >= 0.3 is 11.9 Å². The van der Waals surface area contributed by atoms with Crippen molar-refractivity contribution in [3.05, 3.63) is 0 Å². The van der Waals surface area contributed by atoms with Crippen molar-refractivity contribution in [2.24, 2.45) is 17.3 Å². The van der Waals surface area contributed by atoms with E-state index in [9.17, 15) is 27.7 Å². The molecule has 0 aromatic heterocycles. The van der Waals surface area contributed by atoms with E-state index in [2.05, 4.69) is 0 Å². The lowest BCUT2D eigenvalue weighted by Gasteiger charge is -2.31. The summed E-state index contributed by atoms with van der Waals surface area (Å²) in [7, 11) is -5.08. The molecule has 0 spiro atoms. The largest absolute Gasteiger partial charge is 0.481 e. The Morgan fingerprint density at radius 2 is 1.52 bits per heavy atom. The number of hydrogen-bond acceptors (Lipinski definition) is 4. The summed E-state index contributed by atoms with van der Waals surface area (Å²) >= 11 is 0. The van der Waals surface area contributed by atoms with E-state index in [4.69, 9.17) is 5.11 Å². The first-order chi connectivity index (χ1) is 9.13. The molecule has 0 rings (SSSR count). The van der Waals surface area contributed by atoms with Gasteiger partial charge in [-0.2, -0.15) is 8.42 Å². The molecule has 3 N–H and O–H groups in total. The number of aliphatic carboxylic acids is 2. The zero-order valence-electron chi connectivity index (χ0n) is 13.0. The highest BCUT2D eigenvalue weighted by atomic mass is 32.2. The first-order valence-corrected chi connectivity index (χ1v) is 8.00. The fraction of sp³-hybridized carbons (Fsp3) is 0.846. The minimum Gasteiger partial charge on any atom is -0.481 e.